The van der Waals surface area contributed by atoms with Crippen LogP contribution in [0.4, 0.5) is 0 Å². The molecule has 0 rings (SSSR count). The van der Waals surface area contributed by atoms with Gasteiger partial charge in [-0.25, -0.2) is 0 Å². The number of allylic oxidation sites excluding steroid dienone is 16. The molecule has 0 aliphatic carbocycles. The van der Waals surface area contributed by atoms with Gasteiger partial charge in [-0.1, -0.05) is 239 Å². The lowest BCUT2D eigenvalue weighted by atomic mass is 10.0. The maximum Gasteiger partial charge on any atom is 0.306 e. The Labute approximate surface area is 448 Å². The standard InChI is InChI=1S/C64H109NO8/c1-6-8-10-12-14-15-16-17-18-19-20-21-22-23-24-25-26-27-28-29-30-31-32-33-34-35-36-37-38-39-40-41-42-43-44-45-46-47-49-51-53-55-62(67)73-60(58-71-61(66)54-52-50-48-13-11-9-7-2)59-72-64(63(68)69)70-57-56-65(3,4)5/h8,10,14-15,17-18,20-21,23-24,26-27,29-30,32-33,60,64H,6-7,9,11-13,16,19,22,25,28,31,34-59H2,1-5H3/b10-8-,15-14-,18-17-,21-20-,24-23-,27-26-,30-29-,33-32-. The summed E-state index contributed by atoms with van der Waals surface area (Å²) in [6.45, 7) is 4.57. The summed E-state index contributed by atoms with van der Waals surface area (Å²) in [6.07, 6.45) is 70.8. The number of hydrogen-bond acceptors (Lipinski definition) is 8. The molecule has 0 aliphatic heterocycles. The van der Waals surface area contributed by atoms with E-state index in [0.29, 0.717) is 23.9 Å². The van der Waals surface area contributed by atoms with Crippen LogP contribution in [0.25, 0.3) is 0 Å². The molecule has 2 atom stereocenters. The lowest BCUT2D eigenvalue weighted by molar-refractivity contribution is -0.870. The van der Waals surface area contributed by atoms with Crippen LogP contribution in [-0.4, -0.2) is 82.3 Å². The molecule has 0 fully saturated rings. The summed E-state index contributed by atoms with van der Waals surface area (Å²) in [6, 6.07) is 0. The van der Waals surface area contributed by atoms with Crippen molar-refractivity contribution in [2.75, 3.05) is 47.5 Å². The van der Waals surface area contributed by atoms with Crippen LogP contribution in [0, 0.1) is 0 Å². The van der Waals surface area contributed by atoms with E-state index in [1.165, 1.54) is 109 Å². The second-order valence-corrected chi connectivity index (χ2v) is 20.6. The number of likely N-dealkylation sites (N-methyl/N-ethyl adjacent to an activating group) is 1. The molecule has 0 heterocycles. The molecule has 0 N–H and O–H groups in total. The zero-order chi connectivity index (χ0) is 53.4. The molecule has 0 aromatic rings. The molecule has 0 bridgehead atoms. The van der Waals surface area contributed by atoms with Gasteiger partial charge in [0, 0.05) is 12.8 Å². The number of aliphatic carboxylic acids is 1. The number of carboxylic acid groups (broad SMARTS) is 1. The van der Waals surface area contributed by atoms with Crippen LogP contribution >= 0.6 is 0 Å². The number of rotatable bonds is 53. The highest BCUT2D eigenvalue weighted by Gasteiger charge is 2.22. The van der Waals surface area contributed by atoms with Crippen LogP contribution < -0.4 is 5.11 Å². The first-order chi connectivity index (χ1) is 35.6. The smallest absolute Gasteiger partial charge is 0.306 e. The Kier molecular flexibility index (Phi) is 51.6. The van der Waals surface area contributed by atoms with Gasteiger partial charge in [0.1, 0.15) is 13.2 Å². The van der Waals surface area contributed by atoms with E-state index >= 15 is 0 Å². The number of esters is 2. The predicted octanol–water partition coefficient (Wildman–Crippen LogP) is 16.0. The molecule has 2 unspecified atom stereocenters. The Bertz CT molecular complexity index is 1520. The van der Waals surface area contributed by atoms with Crippen molar-refractivity contribution in [3.8, 4) is 0 Å². The monoisotopic (exact) mass is 1020 g/mol. The third-order valence-electron chi connectivity index (χ3n) is 12.3. The minimum absolute atomic E-state index is 0.146. The predicted molar refractivity (Wildman–Crippen MR) is 306 cm³/mol. The van der Waals surface area contributed by atoms with Gasteiger partial charge in [0.05, 0.1) is 40.3 Å². The molecule has 0 aromatic heterocycles. The zero-order valence-electron chi connectivity index (χ0n) is 47.5. The third-order valence-corrected chi connectivity index (χ3v) is 12.3. The highest BCUT2D eigenvalue weighted by atomic mass is 16.7. The van der Waals surface area contributed by atoms with Crippen molar-refractivity contribution in [1.82, 2.24) is 0 Å². The maximum atomic E-state index is 12.8. The van der Waals surface area contributed by atoms with Crippen molar-refractivity contribution in [1.29, 1.82) is 0 Å². The Morgan fingerprint density at radius 2 is 0.781 bits per heavy atom. The van der Waals surface area contributed by atoms with E-state index in [9.17, 15) is 19.5 Å². The van der Waals surface area contributed by atoms with E-state index in [2.05, 4.69) is 111 Å². The summed E-state index contributed by atoms with van der Waals surface area (Å²) in [5.74, 6) is -2.29. The van der Waals surface area contributed by atoms with Crippen molar-refractivity contribution in [3.63, 3.8) is 0 Å². The molecule has 9 nitrogen and oxygen atoms in total. The van der Waals surface area contributed by atoms with Gasteiger partial charge in [0.25, 0.3) is 0 Å². The largest absolute Gasteiger partial charge is 0.545 e. The molecule has 0 aliphatic rings. The van der Waals surface area contributed by atoms with Gasteiger partial charge in [0.15, 0.2) is 12.4 Å². The van der Waals surface area contributed by atoms with E-state index in [-0.39, 0.29) is 32.2 Å². The summed E-state index contributed by atoms with van der Waals surface area (Å²) >= 11 is 0. The molecule has 0 spiro atoms. The number of carbonyl (C=O) groups is 3. The summed E-state index contributed by atoms with van der Waals surface area (Å²) < 4.78 is 22.5. The first-order valence-electron chi connectivity index (χ1n) is 29.4. The highest BCUT2D eigenvalue weighted by molar-refractivity contribution is 5.70. The lowest BCUT2D eigenvalue weighted by Gasteiger charge is -2.26. The summed E-state index contributed by atoms with van der Waals surface area (Å²) in [7, 11) is 5.91. The zero-order valence-corrected chi connectivity index (χ0v) is 47.5. The third kappa shape index (κ3) is 55.8. The van der Waals surface area contributed by atoms with Crippen molar-refractivity contribution >= 4 is 17.9 Å². The fourth-order valence-electron chi connectivity index (χ4n) is 7.85. The van der Waals surface area contributed by atoms with Crippen LogP contribution in [0.3, 0.4) is 0 Å². The van der Waals surface area contributed by atoms with Crippen LogP contribution in [0.1, 0.15) is 232 Å². The molecule has 418 valence electrons. The molecule has 0 aromatic carbocycles. The van der Waals surface area contributed by atoms with Crippen LogP contribution in [0.2, 0.25) is 0 Å². The Hall–Kier alpha value is -3.79. The summed E-state index contributed by atoms with van der Waals surface area (Å²) in [5, 5.41) is 11.7. The Morgan fingerprint density at radius 3 is 1.16 bits per heavy atom. The lowest BCUT2D eigenvalue weighted by Crippen LogP contribution is -2.44. The quantitative estimate of drug-likeness (QED) is 0.0195. The molecule has 0 radical (unpaired) electrons. The number of quaternary nitrogens is 1. The van der Waals surface area contributed by atoms with Gasteiger partial charge in [0.2, 0.25) is 0 Å². The number of ether oxygens (including phenoxy) is 4. The van der Waals surface area contributed by atoms with Crippen molar-refractivity contribution in [3.05, 3.63) is 97.2 Å². The van der Waals surface area contributed by atoms with E-state index in [1.807, 2.05) is 21.1 Å². The van der Waals surface area contributed by atoms with Gasteiger partial charge in [-0.15, -0.1) is 0 Å². The number of unbranched alkanes of at least 4 members (excludes halogenated alkanes) is 22. The number of carboxylic acids is 1. The van der Waals surface area contributed by atoms with E-state index < -0.39 is 24.3 Å². The SMILES string of the molecule is CC/C=C\C/C=C\C/C=C\C/C=C\C/C=C\C/C=C\C/C=C\C/C=C\CCCCCCCCCCCCCCCCCCC(=O)OC(COC(=O)CCCCCCCCC)COC(OCC[N+](C)(C)C)C(=O)[O-]. The Balaban J connectivity index is 3.93. The van der Waals surface area contributed by atoms with Crippen molar-refractivity contribution in [2.45, 2.75) is 245 Å². The van der Waals surface area contributed by atoms with E-state index in [4.69, 9.17) is 18.9 Å². The minimum Gasteiger partial charge on any atom is -0.545 e. The molecular weight excluding hydrogens is 911 g/mol. The molecular formula is C64H109NO8. The number of nitrogens with zero attached hydrogens (tertiary/aromatic N) is 1. The van der Waals surface area contributed by atoms with Crippen LogP contribution in [0.15, 0.2) is 97.2 Å². The van der Waals surface area contributed by atoms with E-state index in [1.54, 1.807) is 0 Å². The van der Waals surface area contributed by atoms with Gasteiger partial charge in [-0.2, -0.15) is 0 Å². The number of hydrogen-bond donors (Lipinski definition) is 0. The number of carbonyl (C=O) groups excluding carboxylic acids is 3. The van der Waals surface area contributed by atoms with E-state index in [0.717, 1.165) is 89.9 Å². The van der Waals surface area contributed by atoms with Gasteiger partial charge >= 0.3 is 11.9 Å². The summed E-state index contributed by atoms with van der Waals surface area (Å²) in [5.41, 5.74) is 0. The van der Waals surface area contributed by atoms with Gasteiger partial charge < -0.3 is 33.3 Å². The molecule has 0 amide bonds. The second kappa shape index (κ2) is 54.5. The van der Waals surface area contributed by atoms with Gasteiger partial charge in [-0.05, 0) is 77.0 Å². The molecule has 73 heavy (non-hydrogen) atoms. The molecule has 9 heteroatoms. The summed E-state index contributed by atoms with van der Waals surface area (Å²) in [4.78, 5) is 36.9. The van der Waals surface area contributed by atoms with Crippen molar-refractivity contribution < 1.29 is 42.9 Å². The normalized spacial score (nSPS) is 13.5. The van der Waals surface area contributed by atoms with Crippen LogP contribution in [0.5, 0.6) is 0 Å². The average molecular weight is 1020 g/mol. The maximum absolute atomic E-state index is 12.8. The first-order valence-corrected chi connectivity index (χ1v) is 29.4. The highest BCUT2D eigenvalue weighted by Crippen LogP contribution is 2.16. The van der Waals surface area contributed by atoms with Crippen LogP contribution in [-0.2, 0) is 33.3 Å². The minimum atomic E-state index is -1.62. The molecule has 0 saturated heterocycles. The topological polar surface area (TPSA) is 111 Å². The fraction of sp³-hybridized carbons (Fsp3) is 0.703. The second-order valence-electron chi connectivity index (χ2n) is 20.6. The Morgan fingerprint density at radius 1 is 0.425 bits per heavy atom. The fourth-order valence-corrected chi connectivity index (χ4v) is 7.85. The van der Waals surface area contributed by atoms with Crippen molar-refractivity contribution in [2.24, 2.45) is 0 Å². The molecule has 0 saturated carbocycles. The average Bonchev–Trinajstić information content (AvgIpc) is 3.36. The first kappa shape index (κ1) is 69.2. The van der Waals surface area contributed by atoms with Gasteiger partial charge in [-0.3, -0.25) is 9.59 Å².